The number of aryl methyl sites for hydroxylation is 4. The zero-order chi connectivity index (χ0) is 41.6. The first-order chi connectivity index (χ1) is 29.6. The van der Waals surface area contributed by atoms with E-state index in [-0.39, 0.29) is 11.8 Å². The fourth-order valence-electron chi connectivity index (χ4n) is 11.7. The maximum atomic E-state index is 4.69. The van der Waals surface area contributed by atoms with Crippen LogP contribution in [0.3, 0.4) is 0 Å². The smallest absolute Gasteiger partial charge is 0.114 e. The molecule has 4 nitrogen and oxygen atoms in total. The molecule has 300 valence electrons. The molecule has 0 spiro atoms. The number of hydrogen-bond donors (Lipinski definition) is 1. The van der Waals surface area contributed by atoms with E-state index in [1.54, 1.807) is 0 Å². The van der Waals surface area contributed by atoms with Crippen LogP contribution >= 0.6 is 0 Å². The third-order valence-corrected chi connectivity index (χ3v) is 15.6. The van der Waals surface area contributed by atoms with Crippen LogP contribution in [0.2, 0.25) is 0 Å². The Bertz CT molecular complexity index is 3350. The van der Waals surface area contributed by atoms with Gasteiger partial charge in [-0.25, -0.2) is 0 Å². The van der Waals surface area contributed by atoms with E-state index < -0.39 is 0 Å². The molecule has 0 radical (unpaired) electrons. The Kier molecular flexibility index (Phi) is 7.80. The highest BCUT2D eigenvalue weighted by molar-refractivity contribution is 6.15. The second-order valence-corrected chi connectivity index (χ2v) is 18.8. The molecule has 3 aliphatic carbocycles. The van der Waals surface area contributed by atoms with E-state index in [2.05, 4.69) is 178 Å². The van der Waals surface area contributed by atoms with Gasteiger partial charge in [0.15, 0.2) is 0 Å². The first kappa shape index (κ1) is 36.5. The molecule has 1 N–H and O–H groups in total. The molecule has 5 aromatic carbocycles. The molecule has 3 aliphatic rings. The molecule has 0 fully saturated rings. The van der Waals surface area contributed by atoms with Crippen molar-refractivity contribution >= 4 is 44.4 Å². The van der Waals surface area contributed by atoms with Crippen molar-refractivity contribution in [2.45, 2.75) is 91.9 Å². The number of aromatic nitrogens is 4. The van der Waals surface area contributed by atoms with Gasteiger partial charge in [-0.2, -0.15) is 0 Å². The van der Waals surface area contributed by atoms with Gasteiger partial charge in [-0.1, -0.05) is 70.2 Å². The van der Waals surface area contributed by atoms with E-state index in [0.29, 0.717) is 11.8 Å². The van der Waals surface area contributed by atoms with Gasteiger partial charge in [-0.15, -0.1) is 0 Å². The Labute approximate surface area is 358 Å². The molecule has 4 aromatic heterocycles. The quantitative estimate of drug-likeness (QED) is 0.189. The summed E-state index contributed by atoms with van der Waals surface area (Å²) < 4.78 is 5.15. The molecule has 12 rings (SSSR count). The Hall–Kier alpha value is -6.39. The fraction of sp³-hybridized carbons (Fsp3) is 0.246. The van der Waals surface area contributed by atoms with Gasteiger partial charge in [0.25, 0.3) is 0 Å². The van der Waals surface area contributed by atoms with Gasteiger partial charge in [0.2, 0.25) is 0 Å². The molecule has 9 aromatic rings. The summed E-state index contributed by atoms with van der Waals surface area (Å²) in [6.45, 7) is 18.9. The topological polar surface area (TPSA) is 38.5 Å². The number of H-pyrrole nitrogens is 1. The Morgan fingerprint density at radius 3 is 1.87 bits per heavy atom. The highest BCUT2D eigenvalue weighted by atomic mass is 15.1. The summed E-state index contributed by atoms with van der Waals surface area (Å²) in [7, 11) is 0. The number of hydrogen-bond acceptors (Lipinski definition) is 1. The van der Waals surface area contributed by atoms with Crippen molar-refractivity contribution in [2.24, 2.45) is 0 Å². The minimum absolute atomic E-state index is 0.258. The van der Waals surface area contributed by atoms with Crippen molar-refractivity contribution in [3.63, 3.8) is 0 Å². The molecule has 0 saturated heterocycles. The summed E-state index contributed by atoms with van der Waals surface area (Å²) >= 11 is 0. The van der Waals surface area contributed by atoms with E-state index >= 15 is 0 Å². The summed E-state index contributed by atoms with van der Waals surface area (Å²) in [5.41, 5.74) is 27.5. The summed E-state index contributed by atoms with van der Waals surface area (Å²) in [6, 6.07) is 35.0. The lowest BCUT2D eigenvalue weighted by Gasteiger charge is -2.42. The van der Waals surface area contributed by atoms with Crippen LogP contribution in [0.25, 0.3) is 78.1 Å². The molecule has 0 amide bonds. The number of fused-ring (bicyclic) bond motifs is 8. The maximum absolute atomic E-state index is 4.69. The second kappa shape index (κ2) is 13.1. The van der Waals surface area contributed by atoms with Crippen molar-refractivity contribution in [1.82, 2.24) is 19.1 Å². The van der Waals surface area contributed by atoms with Crippen LogP contribution in [-0.4, -0.2) is 19.1 Å². The van der Waals surface area contributed by atoms with Crippen LogP contribution in [0, 0.1) is 27.7 Å². The molecular formula is C57H52N4. The third-order valence-electron chi connectivity index (χ3n) is 15.6. The fourth-order valence-corrected chi connectivity index (χ4v) is 11.7. The Balaban J connectivity index is 1.19. The molecule has 0 bridgehead atoms. The highest BCUT2D eigenvalue weighted by Gasteiger charge is 2.43. The monoisotopic (exact) mass is 792 g/mol. The second-order valence-electron chi connectivity index (χ2n) is 18.8. The van der Waals surface area contributed by atoms with Gasteiger partial charge in [-0.05, 0) is 197 Å². The van der Waals surface area contributed by atoms with Crippen LogP contribution in [0.1, 0.15) is 119 Å². The largest absolute Gasteiger partial charge is 0.348 e. The van der Waals surface area contributed by atoms with Crippen LogP contribution in [0.5, 0.6) is 0 Å². The van der Waals surface area contributed by atoms with Gasteiger partial charge in [0, 0.05) is 39.8 Å². The molecule has 4 heterocycles. The molecule has 0 aliphatic heterocycles. The van der Waals surface area contributed by atoms with Crippen molar-refractivity contribution in [2.75, 3.05) is 0 Å². The Morgan fingerprint density at radius 1 is 0.574 bits per heavy atom. The SMILES string of the molecule is Cc1ccc(C2=Cc3c(n(-c4ccc[nH]4)c4c5c6c(cc34)C(C)C(C)c3cc4c7cc(-c8ccc(C)c(C)c8)ccc7n(-c7cccnc7)c4c(c3-6)C(C)C5C)CC2)cc1C. The molecule has 61 heavy (non-hydrogen) atoms. The van der Waals surface area contributed by atoms with Crippen LogP contribution < -0.4 is 0 Å². The summed E-state index contributed by atoms with van der Waals surface area (Å²) in [5, 5.41) is 4.05. The number of pyridine rings is 1. The highest BCUT2D eigenvalue weighted by Crippen LogP contribution is 2.61. The lowest BCUT2D eigenvalue weighted by Crippen LogP contribution is -2.24. The minimum Gasteiger partial charge on any atom is -0.348 e. The van der Waals surface area contributed by atoms with Gasteiger partial charge in [-0.3, -0.25) is 9.55 Å². The van der Waals surface area contributed by atoms with Crippen molar-refractivity contribution in [1.29, 1.82) is 0 Å². The average molecular weight is 793 g/mol. The van der Waals surface area contributed by atoms with Crippen molar-refractivity contribution in [3.8, 4) is 33.8 Å². The zero-order valence-electron chi connectivity index (χ0n) is 36.5. The van der Waals surface area contributed by atoms with Crippen LogP contribution in [-0.2, 0) is 6.42 Å². The van der Waals surface area contributed by atoms with E-state index in [1.165, 1.54) is 122 Å². The first-order valence-corrected chi connectivity index (χ1v) is 22.4. The average Bonchev–Trinajstić information content (AvgIpc) is 4.00. The number of aromatic amines is 1. The molecule has 4 unspecified atom stereocenters. The van der Waals surface area contributed by atoms with Crippen molar-refractivity contribution in [3.05, 3.63) is 171 Å². The predicted octanol–water partition coefficient (Wildman–Crippen LogP) is 14.9. The molecule has 4 atom stereocenters. The number of nitrogens with one attached hydrogen (secondary N) is 1. The standard InChI is InChI=1S/C57H52N4/c1-30-13-15-38(23-32(30)3)40-17-19-49-45(25-40)47-27-43-34(5)35(6)44-28-48-46-26-41(39-16-14-31(2)33(4)24-39)18-20-50(46)61(51-12-10-22-59-51)57(48)53-37(8)36(7)52(54(43)55(44)53)56(47)60(49)42-11-9-21-58-29-42/h9-17,19,21-29,34-37,59H,18,20H2,1-8H3. The Morgan fingerprint density at radius 2 is 1.21 bits per heavy atom. The zero-order valence-corrected chi connectivity index (χ0v) is 36.5. The lowest BCUT2D eigenvalue weighted by atomic mass is 9.62. The van der Waals surface area contributed by atoms with Gasteiger partial charge < -0.3 is 9.55 Å². The number of benzene rings is 5. The normalized spacial score (nSPS) is 19.1. The van der Waals surface area contributed by atoms with E-state index in [0.717, 1.165) is 24.3 Å². The van der Waals surface area contributed by atoms with Gasteiger partial charge >= 0.3 is 0 Å². The van der Waals surface area contributed by atoms with E-state index in [4.69, 9.17) is 0 Å². The molecule has 0 saturated carbocycles. The van der Waals surface area contributed by atoms with Crippen LogP contribution in [0.15, 0.2) is 110 Å². The first-order valence-electron chi connectivity index (χ1n) is 22.4. The van der Waals surface area contributed by atoms with E-state index in [9.17, 15) is 0 Å². The number of nitrogens with zero attached hydrogens (tertiary/aromatic N) is 3. The summed E-state index contributed by atoms with van der Waals surface area (Å²) in [4.78, 5) is 8.35. The molecular weight excluding hydrogens is 741 g/mol. The van der Waals surface area contributed by atoms with Gasteiger partial charge in [0.1, 0.15) is 5.82 Å². The third kappa shape index (κ3) is 5.02. The maximum Gasteiger partial charge on any atom is 0.114 e. The van der Waals surface area contributed by atoms with Gasteiger partial charge in [0.05, 0.1) is 28.4 Å². The lowest BCUT2D eigenvalue weighted by molar-refractivity contribution is 0.584. The van der Waals surface area contributed by atoms with E-state index in [1.807, 2.05) is 12.4 Å². The predicted molar refractivity (Wildman–Crippen MR) is 256 cm³/mol. The van der Waals surface area contributed by atoms with Crippen molar-refractivity contribution < 1.29 is 0 Å². The number of rotatable bonds is 4. The molecule has 4 heteroatoms. The summed E-state index contributed by atoms with van der Waals surface area (Å²) in [5.74, 6) is 2.38. The van der Waals surface area contributed by atoms with Crippen LogP contribution in [0.4, 0.5) is 0 Å². The minimum atomic E-state index is 0.258. The number of allylic oxidation sites excluding steroid dienone is 1. The summed E-state index contributed by atoms with van der Waals surface area (Å²) in [6.07, 6.45) is 10.6.